The minimum absolute atomic E-state index is 0.173. The van der Waals surface area contributed by atoms with Gasteiger partial charge in [0.2, 0.25) is 0 Å². The minimum atomic E-state index is -1.29. The van der Waals surface area contributed by atoms with Crippen molar-refractivity contribution in [3.63, 3.8) is 0 Å². The van der Waals surface area contributed by atoms with Crippen molar-refractivity contribution in [3.8, 4) is 5.75 Å². The quantitative estimate of drug-likeness (QED) is 0.323. The van der Waals surface area contributed by atoms with Crippen LogP contribution in [0, 0.1) is 0 Å². The van der Waals surface area contributed by atoms with E-state index in [1.54, 1.807) is 24.3 Å². The lowest BCUT2D eigenvalue weighted by Crippen LogP contribution is -2.35. The molecule has 0 amide bonds. The highest BCUT2D eigenvalue weighted by Crippen LogP contribution is 2.44. The van der Waals surface area contributed by atoms with E-state index in [2.05, 4.69) is 12.1 Å². The maximum absolute atomic E-state index is 12.3. The maximum atomic E-state index is 12.3. The van der Waals surface area contributed by atoms with E-state index in [1.165, 1.54) is 0 Å². The Labute approximate surface area is 189 Å². The number of phenolic OH excluding ortho intramolecular Hbond substituents is 1. The topological polar surface area (TPSA) is 49.7 Å². The van der Waals surface area contributed by atoms with E-state index in [4.69, 9.17) is 4.74 Å². The summed E-state index contributed by atoms with van der Waals surface area (Å²) < 4.78 is 6.01. The molecule has 0 saturated carbocycles. The Kier molecular flexibility index (Phi) is 7.00. The highest BCUT2D eigenvalue weighted by molar-refractivity contribution is 5.43. The summed E-state index contributed by atoms with van der Waals surface area (Å²) in [4.78, 5) is 0. The molecule has 3 heteroatoms. The molecule has 0 aliphatic carbocycles. The molecule has 3 nitrogen and oxygen atoms in total. The van der Waals surface area contributed by atoms with Crippen molar-refractivity contribution in [1.82, 2.24) is 0 Å². The van der Waals surface area contributed by atoms with Gasteiger partial charge in [0.15, 0.2) is 0 Å². The lowest BCUT2D eigenvalue weighted by atomic mass is 9.71. The molecule has 0 bridgehead atoms. The van der Waals surface area contributed by atoms with E-state index in [0.29, 0.717) is 19.6 Å². The molecule has 0 radical (unpaired) electrons. The van der Waals surface area contributed by atoms with Crippen LogP contribution < -0.4 is 0 Å². The van der Waals surface area contributed by atoms with Crippen molar-refractivity contribution in [2.45, 2.75) is 24.5 Å². The molecule has 0 aromatic heterocycles. The zero-order chi connectivity index (χ0) is 22.2. The van der Waals surface area contributed by atoms with Gasteiger partial charge in [0.1, 0.15) is 11.4 Å². The zero-order valence-electron chi connectivity index (χ0n) is 18.0. The van der Waals surface area contributed by atoms with E-state index in [1.807, 2.05) is 78.9 Å². The van der Waals surface area contributed by atoms with Crippen LogP contribution in [0.25, 0.3) is 0 Å². The standard InChI is InChI=1S/C29H28O3/c30-27-18-16-26(17-19-27)29(31,25-14-8-3-9-15-25)28(24-12-6-2-7-13-24)20-21-32-22-23-10-4-1-5-11-23/h1-19,28,30-31H,20-22H2. The van der Waals surface area contributed by atoms with Crippen LogP contribution in [0.3, 0.4) is 0 Å². The monoisotopic (exact) mass is 424 g/mol. The second kappa shape index (κ2) is 10.3. The van der Waals surface area contributed by atoms with Crippen molar-refractivity contribution in [3.05, 3.63) is 138 Å². The van der Waals surface area contributed by atoms with Crippen molar-refractivity contribution >= 4 is 0 Å². The van der Waals surface area contributed by atoms with Crippen LogP contribution in [-0.2, 0) is 16.9 Å². The van der Waals surface area contributed by atoms with Crippen molar-refractivity contribution in [1.29, 1.82) is 0 Å². The van der Waals surface area contributed by atoms with E-state index in [9.17, 15) is 10.2 Å². The Morgan fingerprint density at radius 3 is 1.81 bits per heavy atom. The second-order valence-corrected chi connectivity index (χ2v) is 7.97. The Hall–Kier alpha value is -3.40. The van der Waals surface area contributed by atoms with Gasteiger partial charge in [0.05, 0.1) is 6.61 Å². The summed E-state index contributed by atoms with van der Waals surface area (Å²) in [6.45, 7) is 1.03. The van der Waals surface area contributed by atoms with Crippen molar-refractivity contribution in [2.75, 3.05) is 6.61 Å². The van der Waals surface area contributed by atoms with Gasteiger partial charge in [-0.2, -0.15) is 0 Å². The first-order valence-electron chi connectivity index (χ1n) is 10.9. The number of ether oxygens (including phenoxy) is 1. The van der Waals surface area contributed by atoms with Crippen LogP contribution in [0.15, 0.2) is 115 Å². The highest BCUT2D eigenvalue weighted by Gasteiger charge is 2.40. The fourth-order valence-corrected chi connectivity index (χ4v) is 4.24. The molecule has 0 fully saturated rings. The van der Waals surface area contributed by atoms with E-state index in [0.717, 1.165) is 22.3 Å². The molecule has 32 heavy (non-hydrogen) atoms. The fourth-order valence-electron chi connectivity index (χ4n) is 4.24. The largest absolute Gasteiger partial charge is 0.508 e. The van der Waals surface area contributed by atoms with Gasteiger partial charge in [-0.1, -0.05) is 103 Å². The number of phenols is 1. The first-order chi connectivity index (χ1) is 15.7. The molecule has 0 saturated heterocycles. The van der Waals surface area contributed by atoms with Crippen LogP contribution >= 0.6 is 0 Å². The zero-order valence-corrected chi connectivity index (χ0v) is 18.0. The summed E-state index contributed by atoms with van der Waals surface area (Å²) in [6, 6.07) is 36.7. The molecule has 4 aromatic carbocycles. The third-order valence-corrected chi connectivity index (χ3v) is 5.89. The van der Waals surface area contributed by atoms with Gasteiger partial charge in [-0.25, -0.2) is 0 Å². The molecule has 4 rings (SSSR count). The molecule has 0 aliphatic heterocycles. The number of hydrogen-bond donors (Lipinski definition) is 2. The summed E-state index contributed by atoms with van der Waals surface area (Å²) in [5.74, 6) is -0.0713. The van der Waals surface area contributed by atoms with Crippen molar-refractivity contribution < 1.29 is 14.9 Å². The lowest BCUT2D eigenvalue weighted by molar-refractivity contribution is 0.0275. The van der Waals surface area contributed by atoms with Gasteiger partial charge in [0.25, 0.3) is 0 Å². The smallest absolute Gasteiger partial charge is 0.121 e. The SMILES string of the molecule is Oc1ccc(C(O)(c2ccccc2)C(CCOCc2ccccc2)c2ccccc2)cc1. The van der Waals surface area contributed by atoms with Crippen LogP contribution in [0.4, 0.5) is 0 Å². The van der Waals surface area contributed by atoms with Crippen molar-refractivity contribution in [2.24, 2.45) is 0 Å². The van der Waals surface area contributed by atoms with E-state index in [-0.39, 0.29) is 11.7 Å². The summed E-state index contributed by atoms with van der Waals surface area (Å²) >= 11 is 0. The predicted octanol–water partition coefficient (Wildman–Crippen LogP) is 6.02. The van der Waals surface area contributed by atoms with Gasteiger partial charge >= 0.3 is 0 Å². The Bertz CT molecular complexity index is 1080. The third-order valence-electron chi connectivity index (χ3n) is 5.89. The van der Waals surface area contributed by atoms with Crippen LogP contribution in [-0.4, -0.2) is 16.8 Å². The molecule has 4 aromatic rings. The van der Waals surface area contributed by atoms with Gasteiger partial charge in [-0.3, -0.25) is 0 Å². The summed E-state index contributed by atoms with van der Waals surface area (Å²) in [5.41, 5.74) is 2.42. The third kappa shape index (κ3) is 4.91. The van der Waals surface area contributed by atoms with Crippen LogP contribution in [0.5, 0.6) is 5.75 Å². The first kappa shape index (κ1) is 21.8. The number of rotatable bonds is 9. The van der Waals surface area contributed by atoms with E-state index >= 15 is 0 Å². The number of aromatic hydroxyl groups is 1. The summed E-state index contributed by atoms with van der Waals surface area (Å²) in [7, 11) is 0. The Balaban J connectivity index is 1.68. The summed E-state index contributed by atoms with van der Waals surface area (Å²) in [6.07, 6.45) is 0.628. The minimum Gasteiger partial charge on any atom is -0.508 e. The van der Waals surface area contributed by atoms with E-state index < -0.39 is 5.60 Å². The summed E-state index contributed by atoms with van der Waals surface area (Å²) in [5, 5.41) is 22.2. The number of aliphatic hydroxyl groups is 1. The molecule has 0 heterocycles. The lowest BCUT2D eigenvalue weighted by Gasteiger charge is -2.38. The predicted molar refractivity (Wildman–Crippen MR) is 127 cm³/mol. The molecule has 2 N–H and O–H groups in total. The van der Waals surface area contributed by atoms with Gasteiger partial charge in [-0.05, 0) is 40.8 Å². The average Bonchev–Trinajstić information content (AvgIpc) is 2.86. The Morgan fingerprint density at radius 2 is 1.19 bits per heavy atom. The number of hydrogen-bond acceptors (Lipinski definition) is 3. The first-order valence-corrected chi connectivity index (χ1v) is 10.9. The average molecular weight is 425 g/mol. The Morgan fingerprint density at radius 1 is 0.656 bits per heavy atom. The fraction of sp³-hybridized carbons (Fsp3) is 0.172. The second-order valence-electron chi connectivity index (χ2n) is 7.97. The molecule has 162 valence electrons. The molecular weight excluding hydrogens is 396 g/mol. The van der Waals surface area contributed by atoms with Crippen LogP contribution in [0.2, 0.25) is 0 Å². The maximum Gasteiger partial charge on any atom is 0.121 e. The molecule has 2 unspecified atom stereocenters. The normalized spacial score (nSPS) is 13.9. The van der Waals surface area contributed by atoms with Gasteiger partial charge in [-0.15, -0.1) is 0 Å². The molecular formula is C29H28O3. The van der Waals surface area contributed by atoms with Gasteiger partial charge in [0, 0.05) is 12.5 Å². The number of benzene rings is 4. The molecule has 0 aliphatic rings. The molecule has 0 spiro atoms. The van der Waals surface area contributed by atoms with Gasteiger partial charge < -0.3 is 14.9 Å². The highest BCUT2D eigenvalue weighted by atomic mass is 16.5. The molecule has 2 atom stereocenters. The van der Waals surface area contributed by atoms with Crippen LogP contribution in [0.1, 0.15) is 34.6 Å².